The number of H-pyrrole nitrogens is 1. The second kappa shape index (κ2) is 4.57. The summed E-state index contributed by atoms with van der Waals surface area (Å²) in [5.41, 5.74) is 1.39. The zero-order valence-corrected chi connectivity index (χ0v) is 10.6. The maximum Gasteiger partial charge on any atom is 0.277 e. The van der Waals surface area contributed by atoms with Gasteiger partial charge in [0.25, 0.3) is 5.56 Å². The van der Waals surface area contributed by atoms with Gasteiger partial charge in [0.05, 0.1) is 11.8 Å². The van der Waals surface area contributed by atoms with Crippen molar-refractivity contribution in [1.82, 2.24) is 19.4 Å². The molecule has 1 aliphatic rings. The standard InChI is InChI=1S/C13H18N4O/c1-2-16-7-3-4-10(16)8-17-9-15-11-5-6-14-12(11)13(17)18/h5-6,9-10,14H,2-4,7-8H2,1H3. The Morgan fingerprint density at radius 1 is 1.56 bits per heavy atom. The molecule has 3 rings (SSSR count). The summed E-state index contributed by atoms with van der Waals surface area (Å²) in [7, 11) is 0. The van der Waals surface area contributed by atoms with E-state index in [0.717, 1.165) is 25.2 Å². The highest BCUT2D eigenvalue weighted by Gasteiger charge is 2.23. The van der Waals surface area contributed by atoms with Gasteiger partial charge in [0, 0.05) is 18.8 Å². The fraction of sp³-hybridized carbons (Fsp3) is 0.538. The Morgan fingerprint density at radius 2 is 2.44 bits per heavy atom. The summed E-state index contributed by atoms with van der Waals surface area (Å²) in [4.78, 5) is 22.0. The van der Waals surface area contributed by atoms with Crippen molar-refractivity contribution >= 4 is 11.0 Å². The van der Waals surface area contributed by atoms with E-state index in [9.17, 15) is 4.79 Å². The third-order valence-electron chi connectivity index (χ3n) is 3.85. The molecule has 2 aromatic heterocycles. The molecule has 0 radical (unpaired) electrons. The van der Waals surface area contributed by atoms with Gasteiger partial charge in [-0.25, -0.2) is 4.98 Å². The number of fused-ring (bicyclic) bond motifs is 1. The molecule has 1 unspecified atom stereocenters. The molecule has 3 heterocycles. The Labute approximate surface area is 105 Å². The van der Waals surface area contributed by atoms with E-state index in [1.807, 2.05) is 6.07 Å². The van der Waals surface area contributed by atoms with Gasteiger partial charge in [-0.05, 0) is 32.0 Å². The molecule has 0 saturated carbocycles. The summed E-state index contributed by atoms with van der Waals surface area (Å²) in [6.07, 6.45) is 5.83. The van der Waals surface area contributed by atoms with Crippen molar-refractivity contribution in [2.45, 2.75) is 32.4 Å². The first-order chi connectivity index (χ1) is 8.79. The van der Waals surface area contributed by atoms with Crippen molar-refractivity contribution in [2.75, 3.05) is 13.1 Å². The first kappa shape index (κ1) is 11.5. The third kappa shape index (κ3) is 1.84. The smallest absolute Gasteiger partial charge is 0.277 e. The zero-order valence-electron chi connectivity index (χ0n) is 10.6. The average Bonchev–Trinajstić information content (AvgIpc) is 3.01. The second-order valence-corrected chi connectivity index (χ2v) is 4.86. The van der Waals surface area contributed by atoms with Gasteiger partial charge in [-0.3, -0.25) is 14.3 Å². The van der Waals surface area contributed by atoms with Gasteiger partial charge in [0.1, 0.15) is 5.52 Å². The lowest BCUT2D eigenvalue weighted by molar-refractivity contribution is 0.242. The molecule has 96 valence electrons. The molecule has 18 heavy (non-hydrogen) atoms. The molecular weight excluding hydrogens is 228 g/mol. The van der Waals surface area contributed by atoms with Crippen LogP contribution in [0.2, 0.25) is 0 Å². The van der Waals surface area contributed by atoms with Gasteiger partial charge < -0.3 is 4.98 Å². The predicted molar refractivity (Wildman–Crippen MR) is 70.6 cm³/mol. The third-order valence-corrected chi connectivity index (χ3v) is 3.85. The lowest BCUT2D eigenvalue weighted by Crippen LogP contribution is -2.36. The summed E-state index contributed by atoms with van der Waals surface area (Å²) < 4.78 is 1.73. The van der Waals surface area contributed by atoms with Crippen LogP contribution >= 0.6 is 0 Å². The Morgan fingerprint density at radius 3 is 3.28 bits per heavy atom. The number of likely N-dealkylation sites (tertiary alicyclic amines) is 1. The number of hydrogen-bond donors (Lipinski definition) is 1. The zero-order chi connectivity index (χ0) is 12.5. The van der Waals surface area contributed by atoms with Crippen LogP contribution in [0.5, 0.6) is 0 Å². The van der Waals surface area contributed by atoms with E-state index in [-0.39, 0.29) is 5.56 Å². The van der Waals surface area contributed by atoms with Crippen LogP contribution < -0.4 is 5.56 Å². The van der Waals surface area contributed by atoms with Crippen molar-refractivity contribution in [1.29, 1.82) is 0 Å². The summed E-state index contributed by atoms with van der Waals surface area (Å²) in [5.74, 6) is 0. The van der Waals surface area contributed by atoms with E-state index in [1.54, 1.807) is 17.1 Å². The van der Waals surface area contributed by atoms with E-state index in [1.165, 1.54) is 12.8 Å². The fourth-order valence-electron chi connectivity index (χ4n) is 2.84. The summed E-state index contributed by atoms with van der Waals surface area (Å²) >= 11 is 0. The molecule has 0 bridgehead atoms. The first-order valence-corrected chi connectivity index (χ1v) is 6.56. The van der Waals surface area contributed by atoms with Crippen LogP contribution in [0.15, 0.2) is 23.4 Å². The number of nitrogens with zero attached hydrogens (tertiary/aromatic N) is 3. The fourth-order valence-corrected chi connectivity index (χ4v) is 2.84. The number of aromatic amines is 1. The van der Waals surface area contributed by atoms with E-state index >= 15 is 0 Å². The number of rotatable bonds is 3. The van der Waals surface area contributed by atoms with Crippen molar-refractivity contribution in [2.24, 2.45) is 0 Å². The molecule has 0 spiro atoms. The van der Waals surface area contributed by atoms with E-state index in [4.69, 9.17) is 0 Å². The molecule has 0 aliphatic carbocycles. The molecule has 0 aromatic carbocycles. The minimum Gasteiger partial charge on any atom is -0.355 e. The quantitative estimate of drug-likeness (QED) is 0.885. The molecule has 1 saturated heterocycles. The highest BCUT2D eigenvalue weighted by molar-refractivity contribution is 5.73. The SMILES string of the molecule is CCN1CCCC1Cn1cnc2cc[nH]c2c1=O. The molecule has 1 N–H and O–H groups in total. The van der Waals surface area contributed by atoms with Crippen molar-refractivity contribution in [3.8, 4) is 0 Å². The summed E-state index contributed by atoms with van der Waals surface area (Å²) in [6, 6.07) is 2.30. The van der Waals surface area contributed by atoms with Crippen LogP contribution in [0.1, 0.15) is 19.8 Å². The minimum absolute atomic E-state index is 0.0351. The Bertz CT molecular complexity index is 600. The summed E-state index contributed by atoms with van der Waals surface area (Å²) in [6.45, 7) is 5.12. The van der Waals surface area contributed by atoms with Crippen LogP contribution in [0, 0.1) is 0 Å². The molecule has 0 amide bonds. The summed E-state index contributed by atoms with van der Waals surface area (Å²) in [5, 5.41) is 0. The van der Waals surface area contributed by atoms with Crippen LogP contribution in [0.4, 0.5) is 0 Å². The van der Waals surface area contributed by atoms with Gasteiger partial charge in [-0.15, -0.1) is 0 Å². The average molecular weight is 246 g/mol. The van der Waals surface area contributed by atoms with Crippen molar-refractivity contribution in [3.63, 3.8) is 0 Å². The number of aromatic nitrogens is 3. The maximum absolute atomic E-state index is 12.2. The van der Waals surface area contributed by atoms with Crippen molar-refractivity contribution in [3.05, 3.63) is 28.9 Å². The molecule has 1 atom stereocenters. The highest BCUT2D eigenvalue weighted by Crippen LogP contribution is 2.17. The minimum atomic E-state index is 0.0351. The van der Waals surface area contributed by atoms with Crippen LogP contribution in [-0.2, 0) is 6.54 Å². The van der Waals surface area contributed by atoms with Gasteiger partial charge in [-0.1, -0.05) is 6.92 Å². The Hall–Kier alpha value is -1.62. The molecular formula is C13H18N4O. The second-order valence-electron chi connectivity index (χ2n) is 4.86. The van der Waals surface area contributed by atoms with Gasteiger partial charge in [0.15, 0.2) is 0 Å². The van der Waals surface area contributed by atoms with Gasteiger partial charge in [-0.2, -0.15) is 0 Å². The Kier molecular flexibility index (Phi) is 2.91. The number of nitrogens with one attached hydrogen (secondary N) is 1. The molecule has 1 fully saturated rings. The maximum atomic E-state index is 12.2. The van der Waals surface area contributed by atoms with Gasteiger partial charge in [0.2, 0.25) is 0 Å². The van der Waals surface area contributed by atoms with E-state index in [2.05, 4.69) is 21.8 Å². The van der Waals surface area contributed by atoms with Crippen LogP contribution in [0.3, 0.4) is 0 Å². The lowest BCUT2D eigenvalue weighted by atomic mass is 10.2. The highest BCUT2D eigenvalue weighted by atomic mass is 16.1. The monoisotopic (exact) mass is 246 g/mol. The van der Waals surface area contributed by atoms with Crippen LogP contribution in [0.25, 0.3) is 11.0 Å². The molecule has 1 aliphatic heterocycles. The van der Waals surface area contributed by atoms with E-state index in [0.29, 0.717) is 11.6 Å². The normalized spacial score (nSPS) is 20.8. The topological polar surface area (TPSA) is 53.9 Å². The van der Waals surface area contributed by atoms with E-state index < -0.39 is 0 Å². The van der Waals surface area contributed by atoms with Crippen LogP contribution in [-0.4, -0.2) is 38.6 Å². The molecule has 5 nitrogen and oxygen atoms in total. The number of hydrogen-bond acceptors (Lipinski definition) is 3. The number of likely N-dealkylation sites (N-methyl/N-ethyl adjacent to an activating group) is 1. The largest absolute Gasteiger partial charge is 0.355 e. The van der Waals surface area contributed by atoms with Gasteiger partial charge >= 0.3 is 0 Å². The molecule has 5 heteroatoms. The van der Waals surface area contributed by atoms with Crippen molar-refractivity contribution < 1.29 is 0 Å². The molecule has 2 aromatic rings. The Balaban J connectivity index is 1.90. The predicted octanol–water partition coefficient (Wildman–Crippen LogP) is 1.21. The first-order valence-electron chi connectivity index (χ1n) is 6.56. The lowest BCUT2D eigenvalue weighted by Gasteiger charge is -2.23.